The number of hydrogen-bond donors (Lipinski definition) is 0. The quantitative estimate of drug-likeness (QED) is 0.242. The van der Waals surface area contributed by atoms with Crippen molar-refractivity contribution < 1.29 is 0 Å². The predicted octanol–water partition coefficient (Wildman–Crippen LogP) is 8.92. The van der Waals surface area contributed by atoms with Crippen molar-refractivity contribution in [1.82, 2.24) is 9.38 Å². The molecule has 0 saturated carbocycles. The minimum Gasteiger partial charge on any atom is -0.308 e. The van der Waals surface area contributed by atoms with Crippen molar-refractivity contribution in [2.24, 2.45) is 0 Å². The number of nitrogens with zero attached hydrogens (tertiary/aromatic N) is 2. The van der Waals surface area contributed by atoms with Crippen molar-refractivity contribution in [1.29, 1.82) is 0 Å². The zero-order valence-electron chi connectivity index (χ0n) is 17.3. The number of hydrogen-bond acceptors (Lipinski definition) is 3. The van der Waals surface area contributed by atoms with Crippen molar-refractivity contribution in [3.63, 3.8) is 0 Å². The first-order valence-corrected chi connectivity index (χ1v) is 12.7. The van der Waals surface area contributed by atoms with E-state index in [1.165, 1.54) is 74.1 Å². The maximum atomic E-state index is 4.79. The second-order valence-electron chi connectivity index (χ2n) is 8.79. The number of aromatic nitrogens is 2. The zero-order chi connectivity index (χ0) is 21.3. The summed E-state index contributed by atoms with van der Waals surface area (Å²) in [7, 11) is 0. The summed E-state index contributed by atoms with van der Waals surface area (Å²) in [5, 5.41) is 8.11. The second kappa shape index (κ2) is 5.60. The predicted molar refractivity (Wildman–Crippen MR) is 144 cm³/mol. The fourth-order valence-corrected chi connectivity index (χ4v) is 8.05. The van der Waals surface area contributed by atoms with Gasteiger partial charge in [-0.3, -0.25) is 0 Å². The molecule has 152 valence electrons. The van der Waals surface area contributed by atoms with E-state index in [1.807, 2.05) is 28.9 Å². The van der Waals surface area contributed by atoms with Crippen LogP contribution in [0.3, 0.4) is 0 Å². The molecule has 2 nitrogen and oxygen atoms in total. The summed E-state index contributed by atoms with van der Waals surface area (Å²) in [5.74, 6) is 0. The molecule has 0 radical (unpaired) electrons. The molecule has 0 amide bonds. The van der Waals surface area contributed by atoms with E-state index in [9.17, 15) is 0 Å². The first kappa shape index (κ1) is 16.8. The normalized spacial score (nSPS) is 12.8. The Kier molecular flexibility index (Phi) is 2.86. The highest BCUT2D eigenvalue weighted by Crippen LogP contribution is 2.50. The maximum absolute atomic E-state index is 4.79. The largest absolute Gasteiger partial charge is 0.308 e. The van der Waals surface area contributed by atoms with Gasteiger partial charge in [-0.2, -0.15) is 0 Å². The molecule has 0 aliphatic carbocycles. The Hall–Kier alpha value is -3.73. The van der Waals surface area contributed by atoms with Crippen LogP contribution in [-0.2, 0) is 0 Å². The van der Waals surface area contributed by atoms with Crippen LogP contribution in [0.5, 0.6) is 0 Å². The first-order chi connectivity index (χ1) is 16.4. The van der Waals surface area contributed by atoms with Crippen molar-refractivity contribution in [2.45, 2.75) is 0 Å². The lowest BCUT2D eigenvalue weighted by Crippen LogP contribution is -1.86. The Morgan fingerprint density at radius 2 is 1.36 bits per heavy atom. The Morgan fingerprint density at radius 1 is 0.576 bits per heavy atom. The summed E-state index contributed by atoms with van der Waals surface area (Å²) in [6, 6.07) is 29.0. The van der Waals surface area contributed by atoms with E-state index in [-0.39, 0.29) is 0 Å². The van der Waals surface area contributed by atoms with Crippen molar-refractivity contribution in [3.05, 3.63) is 85.1 Å². The molecular formula is C29H14N2S2. The molecule has 5 heterocycles. The molecule has 9 rings (SSSR count). The number of thiophene rings is 2. The molecule has 9 aromatic rings. The third-order valence-electron chi connectivity index (χ3n) is 7.19. The van der Waals surface area contributed by atoms with Crippen LogP contribution in [0, 0.1) is 0 Å². The van der Waals surface area contributed by atoms with Crippen LogP contribution >= 0.6 is 22.7 Å². The molecule has 0 atom stereocenters. The van der Waals surface area contributed by atoms with Gasteiger partial charge in [0.25, 0.3) is 0 Å². The van der Waals surface area contributed by atoms with Gasteiger partial charge in [0.15, 0.2) is 0 Å². The van der Waals surface area contributed by atoms with Crippen LogP contribution in [0.15, 0.2) is 85.1 Å². The lowest BCUT2D eigenvalue weighted by molar-refractivity contribution is 1.34. The van der Waals surface area contributed by atoms with Gasteiger partial charge in [-0.15, -0.1) is 22.7 Å². The third kappa shape index (κ3) is 1.90. The van der Waals surface area contributed by atoms with Gasteiger partial charge in [-0.25, -0.2) is 4.98 Å². The van der Waals surface area contributed by atoms with Gasteiger partial charge < -0.3 is 4.40 Å². The van der Waals surface area contributed by atoms with E-state index in [4.69, 9.17) is 4.98 Å². The van der Waals surface area contributed by atoms with E-state index in [0.717, 1.165) is 4.83 Å². The molecule has 4 heteroatoms. The molecule has 0 N–H and O–H groups in total. The maximum Gasteiger partial charge on any atom is 0.126 e. The van der Waals surface area contributed by atoms with Crippen molar-refractivity contribution >= 4 is 90.5 Å². The minimum absolute atomic E-state index is 1.12. The Balaban J connectivity index is 1.64. The van der Waals surface area contributed by atoms with Gasteiger partial charge in [-0.05, 0) is 47.5 Å². The molecule has 0 aliphatic rings. The SMILES string of the molecule is c1ccc(-c2ccc3c(c2)c2ccc4sc5ccc6sc7nccc8c7c6c5c4c2n38)cc1. The number of rotatable bonds is 1. The van der Waals surface area contributed by atoms with Crippen molar-refractivity contribution in [3.8, 4) is 11.1 Å². The standard InChI is InChI=1S/C29H14N2S2/c1-2-4-15(5-3-1)16-6-8-19-18(14-16)17-7-9-23-27-26-21(32-23)10-11-22-25(26)24-20(31(19)28(17)27)12-13-30-29(24)33-22/h1-14H. The molecule has 0 aliphatic heterocycles. The first-order valence-electron chi connectivity index (χ1n) is 11.1. The van der Waals surface area contributed by atoms with Gasteiger partial charge in [0, 0.05) is 52.6 Å². The third-order valence-corrected chi connectivity index (χ3v) is 9.37. The van der Waals surface area contributed by atoms with Gasteiger partial charge in [0.2, 0.25) is 0 Å². The van der Waals surface area contributed by atoms with Crippen LogP contribution in [0.25, 0.3) is 78.9 Å². The van der Waals surface area contributed by atoms with Crippen molar-refractivity contribution in [2.75, 3.05) is 0 Å². The summed E-state index contributed by atoms with van der Waals surface area (Å²) >= 11 is 3.72. The van der Waals surface area contributed by atoms with Gasteiger partial charge in [0.05, 0.1) is 16.6 Å². The molecule has 5 aromatic heterocycles. The average Bonchev–Trinajstić information content (AvgIpc) is 3.49. The summed E-state index contributed by atoms with van der Waals surface area (Å²) < 4.78 is 6.56. The van der Waals surface area contributed by atoms with Crippen LogP contribution in [-0.4, -0.2) is 9.38 Å². The average molecular weight is 455 g/mol. The molecule has 33 heavy (non-hydrogen) atoms. The minimum atomic E-state index is 1.12. The molecule has 0 fully saturated rings. The molecule has 0 saturated heterocycles. The summed E-state index contributed by atoms with van der Waals surface area (Å²) in [6.07, 6.45) is 1.97. The lowest BCUT2D eigenvalue weighted by atomic mass is 10.0. The Bertz CT molecular complexity index is 2180. The smallest absolute Gasteiger partial charge is 0.126 e. The van der Waals surface area contributed by atoms with E-state index in [2.05, 4.69) is 83.3 Å². The number of fused-ring (bicyclic) bond motifs is 4. The topological polar surface area (TPSA) is 17.3 Å². The lowest BCUT2D eigenvalue weighted by Gasteiger charge is -2.03. The highest BCUT2D eigenvalue weighted by molar-refractivity contribution is 7.28. The Labute approximate surface area is 195 Å². The van der Waals surface area contributed by atoms with Gasteiger partial charge in [-0.1, -0.05) is 42.5 Å². The molecule has 0 unspecified atom stereocenters. The summed E-state index contributed by atoms with van der Waals surface area (Å²) in [5.41, 5.74) is 6.35. The Morgan fingerprint density at radius 3 is 2.27 bits per heavy atom. The molecule has 4 aromatic carbocycles. The molecule has 0 bridgehead atoms. The van der Waals surface area contributed by atoms with Crippen LogP contribution in [0.4, 0.5) is 0 Å². The van der Waals surface area contributed by atoms with E-state index < -0.39 is 0 Å². The highest BCUT2D eigenvalue weighted by atomic mass is 32.1. The molecule has 0 spiro atoms. The van der Waals surface area contributed by atoms with E-state index >= 15 is 0 Å². The number of benzene rings is 4. The summed E-state index contributed by atoms with van der Waals surface area (Å²) in [6.45, 7) is 0. The van der Waals surface area contributed by atoms with Gasteiger partial charge in [0.1, 0.15) is 4.83 Å². The fourth-order valence-electron chi connectivity index (χ4n) is 5.86. The van der Waals surface area contributed by atoms with Crippen LogP contribution in [0.2, 0.25) is 0 Å². The monoisotopic (exact) mass is 454 g/mol. The molecular weight excluding hydrogens is 440 g/mol. The highest BCUT2D eigenvalue weighted by Gasteiger charge is 2.23. The number of pyridine rings is 1. The van der Waals surface area contributed by atoms with Crippen LogP contribution in [0.1, 0.15) is 0 Å². The summed E-state index contributed by atoms with van der Waals surface area (Å²) in [4.78, 5) is 5.91. The second-order valence-corrected chi connectivity index (χ2v) is 10.9. The zero-order valence-corrected chi connectivity index (χ0v) is 18.9. The fraction of sp³-hybridized carbons (Fsp3) is 0. The van der Waals surface area contributed by atoms with Crippen LogP contribution < -0.4 is 0 Å². The van der Waals surface area contributed by atoms with E-state index in [1.54, 1.807) is 0 Å². The van der Waals surface area contributed by atoms with E-state index in [0.29, 0.717) is 0 Å². The van der Waals surface area contributed by atoms with Gasteiger partial charge >= 0.3 is 0 Å².